The van der Waals surface area contributed by atoms with Crippen molar-refractivity contribution in [1.82, 2.24) is 0 Å². The van der Waals surface area contributed by atoms with Crippen LogP contribution in [-0.4, -0.2) is 408 Å². The lowest BCUT2D eigenvalue weighted by atomic mass is 9.95. The van der Waals surface area contributed by atoms with Crippen LogP contribution in [0.15, 0.2) is 0 Å². The Labute approximate surface area is 492 Å². The van der Waals surface area contributed by atoms with Crippen LogP contribution in [0.3, 0.4) is 0 Å². The Morgan fingerprint density at radius 3 is 0.805 bits per heavy atom. The number of hydrogen-bond acceptors (Lipinski definition) is 39. The molecule has 8 aliphatic rings. The molecule has 0 amide bonds. The van der Waals surface area contributed by atoms with Gasteiger partial charge in [0.15, 0.2) is 50.3 Å². The second-order valence-corrected chi connectivity index (χ2v) is 22.3. The SMILES string of the molecule is C[C@@H]1OC(O)[C@H](O)[C@H](O)[C@H]1O[C@H]1O[C@H](CO)[C@@H](O)[C@H](O[C@H]2O[C@H](CO)[C@@H](O)[C@H](O)[C@H]2O)[C@@H]1O[C@H]1O[C@H](CO)[C@H](O)[C@H](O[C@@H]2O[C@@H](C)[C@H](O[C@H]3O[C@H](CO)[C@@H](O)[C@H](O[C@H]4O[C@H](CO)[C@@H](O)[C@H](O)[C@H]4O)[C@@H]3O[C@H]3O[C@H](CO)[C@H](O)[C@H](O)[C@H]3O)[C@@H](O)[C@H]2O)[C@H]1O. The molecule has 8 aliphatic heterocycles. The molecule has 8 fully saturated rings. The van der Waals surface area contributed by atoms with Gasteiger partial charge in [-0.1, -0.05) is 0 Å². The van der Waals surface area contributed by atoms with Crippen molar-refractivity contribution in [3.63, 3.8) is 0 Å². The molecule has 24 N–H and O–H groups in total. The standard InChI is InChI=1S/C48H82O39/c1-9-34(26(64)28(66)41(72)73-9)81-48-40(38(22(60)16(8-54)80-48)85-44-30(68)24(62)18(56)12(4-50)76-44)87-46-33(71)36(20(58)14(6-52)78-46)83-42-32(70)27(65)35(10(2)74-42)82-47-39(86-45-31(69)25(63)19(57)13(5-51)77-45)37(21(59)15(7-53)79-47)84-43-29(67)23(61)17(55)11(3-49)75-43/h9-72H,3-8H2,1-2H3/t9-,10-,11+,12+,13+,14+,15+,16+,17+,18+,19-,20-,21+,22+,23-,24-,25-,26-,27-,28+,29+,30+,31+,32+,33+,34-,35-,36-,37-,38-,39-,40-,41?,42-,43+,44+,45+,46+,47+,48+/m0/s1. The Morgan fingerprint density at radius 2 is 0.448 bits per heavy atom. The van der Waals surface area contributed by atoms with E-state index in [1.807, 2.05) is 0 Å². The van der Waals surface area contributed by atoms with E-state index < -0.39 is 285 Å². The highest BCUT2D eigenvalue weighted by atomic mass is 16.8. The van der Waals surface area contributed by atoms with E-state index in [9.17, 15) is 123 Å². The van der Waals surface area contributed by atoms with Crippen LogP contribution in [0.2, 0.25) is 0 Å². The topological polar surface area (TPSA) is 624 Å². The molecule has 508 valence electrons. The summed E-state index contributed by atoms with van der Waals surface area (Å²) in [5, 5.41) is 259. The number of aliphatic hydroxyl groups is 24. The van der Waals surface area contributed by atoms with Crippen LogP contribution < -0.4 is 0 Å². The Bertz CT molecular complexity index is 2090. The maximum Gasteiger partial charge on any atom is 0.187 e. The summed E-state index contributed by atoms with van der Waals surface area (Å²) < 4.78 is 87.1. The van der Waals surface area contributed by atoms with Crippen molar-refractivity contribution in [2.24, 2.45) is 0 Å². The minimum absolute atomic E-state index is 0.955. The van der Waals surface area contributed by atoms with Crippen molar-refractivity contribution >= 4 is 0 Å². The lowest BCUT2D eigenvalue weighted by molar-refractivity contribution is -0.414. The summed E-state index contributed by atoms with van der Waals surface area (Å²) in [6.07, 6.45) is -79.7. The first-order valence-corrected chi connectivity index (χ1v) is 27.9. The zero-order valence-electron chi connectivity index (χ0n) is 46.2. The molecular formula is C48H82O39. The van der Waals surface area contributed by atoms with E-state index in [1.165, 1.54) is 13.8 Å². The number of rotatable bonds is 20. The summed E-state index contributed by atoms with van der Waals surface area (Å²) in [4.78, 5) is 0. The molecule has 0 aromatic heterocycles. The van der Waals surface area contributed by atoms with E-state index in [-0.39, 0.29) is 0 Å². The van der Waals surface area contributed by atoms with E-state index in [1.54, 1.807) is 0 Å². The predicted molar refractivity (Wildman–Crippen MR) is 262 cm³/mol. The third kappa shape index (κ3) is 14.6. The van der Waals surface area contributed by atoms with Crippen LogP contribution in [0.25, 0.3) is 0 Å². The summed E-state index contributed by atoms with van der Waals surface area (Å²) in [5.41, 5.74) is 0. The van der Waals surface area contributed by atoms with Gasteiger partial charge in [-0.25, -0.2) is 0 Å². The maximum atomic E-state index is 12.0. The summed E-state index contributed by atoms with van der Waals surface area (Å²) in [5.74, 6) is 0. The first kappa shape index (κ1) is 71.3. The molecule has 0 bridgehead atoms. The van der Waals surface area contributed by atoms with Crippen molar-refractivity contribution < 1.29 is 194 Å². The van der Waals surface area contributed by atoms with Gasteiger partial charge in [0, 0.05) is 0 Å². The van der Waals surface area contributed by atoms with Gasteiger partial charge < -0.3 is 194 Å². The van der Waals surface area contributed by atoms with Gasteiger partial charge in [-0.15, -0.1) is 0 Å². The van der Waals surface area contributed by atoms with Gasteiger partial charge in [-0.3, -0.25) is 0 Å². The van der Waals surface area contributed by atoms with E-state index in [4.69, 9.17) is 71.1 Å². The van der Waals surface area contributed by atoms with E-state index in [0.29, 0.717) is 0 Å². The van der Waals surface area contributed by atoms with Crippen LogP contribution >= 0.6 is 0 Å². The second-order valence-electron chi connectivity index (χ2n) is 22.3. The molecule has 0 aliphatic carbocycles. The quantitative estimate of drug-likeness (QED) is 0.0538. The first-order valence-electron chi connectivity index (χ1n) is 27.9. The van der Waals surface area contributed by atoms with Crippen molar-refractivity contribution in [2.45, 2.75) is 259 Å². The predicted octanol–water partition coefficient (Wildman–Crippen LogP) is -16.4. The highest BCUT2D eigenvalue weighted by Crippen LogP contribution is 2.40. The van der Waals surface area contributed by atoms with Crippen molar-refractivity contribution in [2.75, 3.05) is 39.6 Å². The Morgan fingerprint density at radius 1 is 0.207 bits per heavy atom. The lowest BCUT2D eigenvalue weighted by Crippen LogP contribution is -2.69. The van der Waals surface area contributed by atoms with Gasteiger partial charge in [0.1, 0.15) is 183 Å². The van der Waals surface area contributed by atoms with Gasteiger partial charge in [-0.05, 0) is 13.8 Å². The molecule has 0 aromatic rings. The van der Waals surface area contributed by atoms with E-state index >= 15 is 0 Å². The van der Waals surface area contributed by atoms with Crippen molar-refractivity contribution in [3.05, 3.63) is 0 Å². The first-order chi connectivity index (χ1) is 41.2. The lowest BCUT2D eigenvalue weighted by Gasteiger charge is -2.51. The van der Waals surface area contributed by atoms with Crippen LogP contribution in [-0.2, 0) is 71.1 Å². The zero-order valence-corrected chi connectivity index (χ0v) is 46.2. The molecule has 0 saturated carbocycles. The fourth-order valence-corrected chi connectivity index (χ4v) is 11.4. The minimum Gasteiger partial charge on any atom is -0.394 e. The molecule has 87 heavy (non-hydrogen) atoms. The van der Waals surface area contributed by atoms with Crippen LogP contribution in [0.1, 0.15) is 13.8 Å². The Hall–Kier alpha value is -1.56. The molecule has 0 spiro atoms. The molecule has 1 unspecified atom stereocenters. The van der Waals surface area contributed by atoms with Gasteiger partial charge in [0.05, 0.1) is 51.8 Å². The summed E-state index contributed by atoms with van der Waals surface area (Å²) in [6.45, 7) is -3.64. The summed E-state index contributed by atoms with van der Waals surface area (Å²) >= 11 is 0. The van der Waals surface area contributed by atoms with Crippen molar-refractivity contribution in [3.8, 4) is 0 Å². The smallest absolute Gasteiger partial charge is 0.187 e. The van der Waals surface area contributed by atoms with Crippen molar-refractivity contribution in [1.29, 1.82) is 0 Å². The van der Waals surface area contributed by atoms with Crippen LogP contribution in [0.4, 0.5) is 0 Å². The fourth-order valence-electron chi connectivity index (χ4n) is 11.4. The number of aliphatic hydroxyl groups excluding tert-OH is 24. The average molecular weight is 1280 g/mol. The fraction of sp³-hybridized carbons (Fsp3) is 1.00. The highest BCUT2D eigenvalue weighted by Gasteiger charge is 2.60. The maximum absolute atomic E-state index is 12.0. The third-order valence-electron chi connectivity index (χ3n) is 16.6. The Balaban J connectivity index is 1.05. The van der Waals surface area contributed by atoms with Gasteiger partial charge in [0.2, 0.25) is 0 Å². The third-order valence-corrected chi connectivity index (χ3v) is 16.6. The zero-order chi connectivity index (χ0) is 63.9. The summed E-state index contributed by atoms with van der Waals surface area (Å²) in [7, 11) is 0. The van der Waals surface area contributed by atoms with Gasteiger partial charge in [-0.2, -0.15) is 0 Å². The van der Waals surface area contributed by atoms with E-state index in [2.05, 4.69) is 0 Å². The molecule has 8 saturated heterocycles. The summed E-state index contributed by atoms with van der Waals surface area (Å²) in [6, 6.07) is 0. The van der Waals surface area contributed by atoms with Gasteiger partial charge >= 0.3 is 0 Å². The molecule has 39 nitrogen and oxygen atoms in total. The highest BCUT2D eigenvalue weighted by molar-refractivity contribution is 5.02. The number of ether oxygens (including phenoxy) is 15. The van der Waals surface area contributed by atoms with Crippen LogP contribution in [0, 0.1) is 0 Å². The molecule has 0 radical (unpaired) electrons. The molecule has 39 heteroatoms. The largest absolute Gasteiger partial charge is 0.394 e. The van der Waals surface area contributed by atoms with E-state index in [0.717, 1.165) is 0 Å². The molecule has 40 atom stereocenters. The monoisotopic (exact) mass is 1280 g/mol. The molecule has 0 aromatic carbocycles. The molecule has 8 heterocycles. The van der Waals surface area contributed by atoms with Crippen LogP contribution in [0.5, 0.6) is 0 Å². The Kier molecular flexibility index (Phi) is 24.8. The minimum atomic E-state index is -2.36. The second kappa shape index (κ2) is 30.2. The van der Waals surface area contributed by atoms with Gasteiger partial charge in [0.25, 0.3) is 0 Å². The molecular weight excluding hydrogens is 1200 g/mol. The number of hydrogen-bond donors (Lipinski definition) is 24. The average Bonchev–Trinajstić information content (AvgIpc) is 1.30. The normalized spacial score (nSPS) is 54.6. The molecule has 8 rings (SSSR count).